The third-order valence-electron chi connectivity index (χ3n) is 5.81. The Morgan fingerprint density at radius 1 is 1.11 bits per heavy atom. The highest BCUT2D eigenvalue weighted by molar-refractivity contribution is 7.07. The van der Waals surface area contributed by atoms with E-state index in [0.29, 0.717) is 49.5 Å². The van der Waals surface area contributed by atoms with Gasteiger partial charge in [-0.2, -0.15) is 0 Å². The molecule has 1 atom stereocenters. The summed E-state index contributed by atoms with van der Waals surface area (Å²) in [7, 11) is 3.08. The second-order valence-electron chi connectivity index (χ2n) is 8.03. The molecule has 2 aromatic carbocycles. The van der Waals surface area contributed by atoms with Gasteiger partial charge in [0.15, 0.2) is 4.80 Å². The minimum Gasteiger partial charge on any atom is -0.497 e. The van der Waals surface area contributed by atoms with Gasteiger partial charge in [-0.15, -0.1) is 0 Å². The lowest BCUT2D eigenvalue weighted by atomic mass is 9.95. The van der Waals surface area contributed by atoms with Gasteiger partial charge >= 0.3 is 5.97 Å². The van der Waals surface area contributed by atoms with Gasteiger partial charge in [0.05, 0.1) is 48.3 Å². The molecule has 8 nitrogen and oxygen atoms in total. The molecule has 37 heavy (non-hydrogen) atoms. The molecule has 10 heteroatoms. The highest BCUT2D eigenvalue weighted by Crippen LogP contribution is 2.37. The summed E-state index contributed by atoms with van der Waals surface area (Å²) in [5, 5.41) is 0.449. The van der Waals surface area contributed by atoms with E-state index in [1.54, 1.807) is 57.4 Å². The zero-order valence-corrected chi connectivity index (χ0v) is 22.7. The second kappa shape index (κ2) is 11.2. The van der Waals surface area contributed by atoms with Crippen molar-refractivity contribution in [3.63, 3.8) is 0 Å². The number of ether oxygens (including phenoxy) is 4. The van der Waals surface area contributed by atoms with Crippen LogP contribution in [-0.2, 0) is 9.53 Å². The minimum absolute atomic E-state index is 0.186. The number of esters is 1. The predicted octanol–water partition coefficient (Wildman–Crippen LogP) is 3.87. The number of nitrogens with zero attached hydrogens (tertiary/aromatic N) is 2. The van der Waals surface area contributed by atoms with Crippen molar-refractivity contribution in [2.45, 2.75) is 26.8 Å². The largest absolute Gasteiger partial charge is 0.497 e. The Kier molecular flexibility index (Phi) is 8.04. The number of halogens is 1. The van der Waals surface area contributed by atoms with E-state index in [1.807, 2.05) is 13.0 Å². The number of benzene rings is 2. The summed E-state index contributed by atoms with van der Waals surface area (Å²) in [6.45, 7) is 6.03. The molecule has 0 unspecified atom stereocenters. The van der Waals surface area contributed by atoms with E-state index < -0.39 is 12.0 Å². The van der Waals surface area contributed by atoms with Gasteiger partial charge in [-0.25, -0.2) is 9.79 Å². The lowest BCUT2D eigenvalue weighted by Crippen LogP contribution is -2.40. The maximum Gasteiger partial charge on any atom is 0.338 e. The van der Waals surface area contributed by atoms with Gasteiger partial charge < -0.3 is 18.9 Å². The molecule has 1 aromatic heterocycles. The molecule has 0 saturated carbocycles. The van der Waals surface area contributed by atoms with Crippen molar-refractivity contribution in [2.24, 2.45) is 4.99 Å². The van der Waals surface area contributed by atoms with Gasteiger partial charge in [-0.05, 0) is 56.7 Å². The monoisotopic (exact) mass is 542 g/mol. The number of hydrogen-bond acceptors (Lipinski definition) is 8. The number of hydrogen-bond donors (Lipinski definition) is 0. The van der Waals surface area contributed by atoms with Crippen LogP contribution in [0, 0.1) is 0 Å². The first-order valence-electron chi connectivity index (χ1n) is 11.7. The van der Waals surface area contributed by atoms with Gasteiger partial charge in [0.1, 0.15) is 23.3 Å². The molecule has 1 aliphatic rings. The van der Waals surface area contributed by atoms with Crippen LogP contribution in [0.4, 0.5) is 0 Å². The van der Waals surface area contributed by atoms with E-state index in [1.165, 1.54) is 23.0 Å². The summed E-state index contributed by atoms with van der Waals surface area (Å²) in [5.41, 5.74) is 1.79. The summed E-state index contributed by atoms with van der Waals surface area (Å²) in [4.78, 5) is 32.0. The lowest BCUT2D eigenvalue weighted by Gasteiger charge is -2.26. The van der Waals surface area contributed by atoms with Crippen LogP contribution >= 0.6 is 22.9 Å². The number of thiazole rings is 1. The molecular formula is C27H27ClN2O6S. The average molecular weight is 543 g/mol. The fourth-order valence-corrected chi connectivity index (χ4v) is 5.45. The molecule has 0 amide bonds. The maximum absolute atomic E-state index is 13.8. The van der Waals surface area contributed by atoms with Gasteiger partial charge in [0, 0.05) is 11.6 Å². The molecule has 0 radical (unpaired) electrons. The highest BCUT2D eigenvalue weighted by Gasteiger charge is 2.35. The molecule has 194 valence electrons. The maximum atomic E-state index is 13.8. The number of rotatable bonds is 8. The second-order valence-corrected chi connectivity index (χ2v) is 9.45. The Morgan fingerprint density at radius 3 is 2.54 bits per heavy atom. The Bertz CT molecular complexity index is 1560. The average Bonchev–Trinajstić information content (AvgIpc) is 3.18. The van der Waals surface area contributed by atoms with Crippen molar-refractivity contribution in [2.75, 3.05) is 27.4 Å². The summed E-state index contributed by atoms with van der Waals surface area (Å²) >= 11 is 7.58. The summed E-state index contributed by atoms with van der Waals surface area (Å²) in [6.07, 6.45) is 1.75. The number of methoxy groups -OCH3 is 2. The van der Waals surface area contributed by atoms with Crippen molar-refractivity contribution < 1.29 is 23.7 Å². The third-order valence-corrected chi connectivity index (χ3v) is 7.08. The van der Waals surface area contributed by atoms with Crippen molar-refractivity contribution in [1.29, 1.82) is 0 Å². The Morgan fingerprint density at radius 2 is 1.89 bits per heavy atom. The lowest BCUT2D eigenvalue weighted by molar-refractivity contribution is -0.139. The molecule has 0 fully saturated rings. The molecule has 0 saturated heterocycles. The molecule has 2 heterocycles. The van der Waals surface area contributed by atoms with E-state index >= 15 is 0 Å². The summed E-state index contributed by atoms with van der Waals surface area (Å²) in [6, 6.07) is 9.78. The topological polar surface area (TPSA) is 88.4 Å². The number of allylic oxidation sites excluding steroid dienone is 1. The van der Waals surface area contributed by atoms with Crippen molar-refractivity contribution in [3.8, 4) is 17.2 Å². The predicted molar refractivity (Wildman–Crippen MR) is 143 cm³/mol. The van der Waals surface area contributed by atoms with E-state index in [4.69, 9.17) is 30.5 Å². The van der Waals surface area contributed by atoms with Gasteiger partial charge in [0.2, 0.25) is 0 Å². The van der Waals surface area contributed by atoms with Crippen LogP contribution in [0.25, 0.3) is 6.08 Å². The Balaban J connectivity index is 1.94. The fraction of sp³-hybridized carbons (Fsp3) is 0.296. The Hall–Kier alpha value is -3.56. The molecule has 1 aliphatic heterocycles. The van der Waals surface area contributed by atoms with E-state index in [-0.39, 0.29) is 17.7 Å². The standard InChI is InChI=1S/C27H27ClN2O6S/c1-6-35-20-11-8-16(12-19(20)28)13-22-25(31)30-24(18-10-9-17(33-4)14-21(18)34-5)23(26(32)36-7-2)15(3)29-27(30)37-22/h8-14,24H,6-7H2,1-5H3/b22-13-/t24-/m1/s1. The zero-order chi connectivity index (χ0) is 26.7. The van der Waals surface area contributed by atoms with Gasteiger partial charge in [0.25, 0.3) is 5.56 Å². The van der Waals surface area contributed by atoms with Gasteiger partial charge in [-0.1, -0.05) is 29.0 Å². The first-order valence-corrected chi connectivity index (χ1v) is 12.9. The van der Waals surface area contributed by atoms with Crippen molar-refractivity contribution >= 4 is 35.0 Å². The van der Waals surface area contributed by atoms with Crippen LogP contribution in [0.3, 0.4) is 0 Å². The smallest absolute Gasteiger partial charge is 0.338 e. The molecule has 0 aliphatic carbocycles. The van der Waals surface area contributed by atoms with Crippen molar-refractivity contribution in [1.82, 2.24) is 4.57 Å². The van der Waals surface area contributed by atoms with E-state index in [2.05, 4.69) is 4.99 Å². The number of carbonyl (C=O) groups excluding carboxylic acids is 1. The molecule has 0 N–H and O–H groups in total. The number of fused-ring (bicyclic) bond motifs is 1. The SMILES string of the molecule is CCOC(=O)C1=C(C)N=c2s/c(=C\c3ccc(OCC)c(Cl)c3)c(=O)n2[C@@H]1c1ccc(OC)cc1OC. The van der Waals surface area contributed by atoms with Crippen LogP contribution in [0.5, 0.6) is 17.2 Å². The molecule has 3 aromatic rings. The first kappa shape index (κ1) is 26.5. The number of aromatic nitrogens is 1. The van der Waals surface area contributed by atoms with Gasteiger partial charge in [-0.3, -0.25) is 9.36 Å². The van der Waals surface area contributed by atoms with E-state index in [9.17, 15) is 9.59 Å². The van der Waals surface area contributed by atoms with Crippen LogP contribution < -0.4 is 29.1 Å². The van der Waals surface area contributed by atoms with Crippen LogP contribution in [0.1, 0.15) is 37.9 Å². The number of carbonyl (C=O) groups is 1. The van der Waals surface area contributed by atoms with E-state index in [0.717, 1.165) is 5.56 Å². The van der Waals surface area contributed by atoms with Crippen LogP contribution in [0.2, 0.25) is 5.02 Å². The fourth-order valence-electron chi connectivity index (χ4n) is 4.16. The molecule has 0 bridgehead atoms. The van der Waals surface area contributed by atoms with Crippen molar-refractivity contribution in [3.05, 3.63) is 83.5 Å². The first-order chi connectivity index (χ1) is 17.8. The zero-order valence-electron chi connectivity index (χ0n) is 21.2. The van der Waals surface area contributed by atoms with Crippen LogP contribution in [-0.4, -0.2) is 38.0 Å². The minimum atomic E-state index is -0.803. The van der Waals surface area contributed by atoms with Crippen LogP contribution in [0.15, 0.2) is 57.5 Å². The Labute approximate surface area is 223 Å². The molecular weight excluding hydrogens is 516 g/mol. The molecule has 0 spiro atoms. The summed E-state index contributed by atoms with van der Waals surface area (Å²) < 4.78 is 23.8. The highest BCUT2D eigenvalue weighted by atomic mass is 35.5. The molecule has 4 rings (SSSR count). The summed E-state index contributed by atoms with van der Waals surface area (Å²) in [5.74, 6) is 1.08. The quantitative estimate of drug-likeness (QED) is 0.402. The normalized spacial score (nSPS) is 15.2. The third kappa shape index (κ3) is 5.14.